The summed E-state index contributed by atoms with van der Waals surface area (Å²) in [6.45, 7) is 8.17. The Morgan fingerprint density at radius 1 is 0.880 bits per heavy atom. The summed E-state index contributed by atoms with van der Waals surface area (Å²) >= 11 is 0. The molecule has 0 aromatic heterocycles. The van der Waals surface area contributed by atoms with Gasteiger partial charge in [0.1, 0.15) is 11.5 Å². The molecular weight excluding hydrogens is 312 g/mol. The summed E-state index contributed by atoms with van der Waals surface area (Å²) in [5, 5.41) is 0. The lowest BCUT2D eigenvalue weighted by Gasteiger charge is -2.08. The highest BCUT2D eigenvalue weighted by molar-refractivity contribution is 5.88. The molecular formula is C22H26O3. The van der Waals surface area contributed by atoms with Gasteiger partial charge in [-0.1, -0.05) is 57.0 Å². The number of benzene rings is 2. The third-order valence-electron chi connectivity index (χ3n) is 3.87. The molecule has 0 fully saturated rings. The highest BCUT2D eigenvalue weighted by atomic mass is 16.5. The maximum absolute atomic E-state index is 11.5. The number of carbonyl (C=O) groups is 1. The molecule has 3 nitrogen and oxygen atoms in total. The van der Waals surface area contributed by atoms with Gasteiger partial charge in [0.15, 0.2) is 0 Å². The van der Waals surface area contributed by atoms with Gasteiger partial charge >= 0.3 is 5.97 Å². The van der Waals surface area contributed by atoms with Gasteiger partial charge in [0, 0.05) is 5.57 Å². The summed E-state index contributed by atoms with van der Waals surface area (Å²) in [5.74, 6) is 1.00. The van der Waals surface area contributed by atoms with Gasteiger partial charge in [0.05, 0.1) is 6.61 Å². The van der Waals surface area contributed by atoms with Crippen LogP contribution in [0.3, 0.4) is 0 Å². The average molecular weight is 338 g/mol. The molecule has 2 aromatic carbocycles. The molecule has 0 radical (unpaired) electrons. The van der Waals surface area contributed by atoms with Crippen LogP contribution in [0.4, 0.5) is 0 Å². The SMILES string of the molecule is C=C(C)C(=O)Oc1ccc(-c2ccc(OCCCCCC)cc2)cc1. The van der Waals surface area contributed by atoms with Crippen molar-refractivity contribution in [1.82, 2.24) is 0 Å². The third-order valence-corrected chi connectivity index (χ3v) is 3.87. The fourth-order valence-electron chi connectivity index (χ4n) is 2.37. The number of hydrogen-bond donors (Lipinski definition) is 0. The van der Waals surface area contributed by atoms with E-state index in [0.717, 1.165) is 29.9 Å². The van der Waals surface area contributed by atoms with Crippen LogP contribution in [0, 0.1) is 0 Å². The van der Waals surface area contributed by atoms with Crippen molar-refractivity contribution in [2.24, 2.45) is 0 Å². The van der Waals surface area contributed by atoms with Crippen LogP contribution in [-0.2, 0) is 4.79 Å². The maximum Gasteiger partial charge on any atom is 0.338 e. The van der Waals surface area contributed by atoms with Gasteiger partial charge in [0.2, 0.25) is 0 Å². The summed E-state index contributed by atoms with van der Waals surface area (Å²) in [4.78, 5) is 11.5. The summed E-state index contributed by atoms with van der Waals surface area (Å²) in [7, 11) is 0. The van der Waals surface area contributed by atoms with E-state index in [1.54, 1.807) is 19.1 Å². The molecule has 0 aliphatic rings. The van der Waals surface area contributed by atoms with Crippen molar-refractivity contribution < 1.29 is 14.3 Å². The predicted molar refractivity (Wildman–Crippen MR) is 102 cm³/mol. The van der Waals surface area contributed by atoms with Crippen molar-refractivity contribution in [1.29, 1.82) is 0 Å². The molecule has 0 amide bonds. The maximum atomic E-state index is 11.5. The Morgan fingerprint density at radius 3 is 1.96 bits per heavy atom. The van der Waals surface area contributed by atoms with Gasteiger partial charge < -0.3 is 9.47 Å². The molecule has 0 unspecified atom stereocenters. The zero-order valence-corrected chi connectivity index (χ0v) is 15.1. The quantitative estimate of drug-likeness (QED) is 0.251. The minimum atomic E-state index is -0.409. The normalized spacial score (nSPS) is 10.3. The number of esters is 1. The molecule has 0 heterocycles. The minimum absolute atomic E-state index is 0.384. The monoisotopic (exact) mass is 338 g/mol. The Bertz CT molecular complexity index is 684. The molecule has 0 aliphatic carbocycles. The van der Waals surface area contributed by atoms with E-state index in [0.29, 0.717) is 11.3 Å². The van der Waals surface area contributed by atoms with Crippen LogP contribution in [0.25, 0.3) is 11.1 Å². The van der Waals surface area contributed by atoms with Crippen LogP contribution in [0.2, 0.25) is 0 Å². The molecule has 0 saturated carbocycles. The molecule has 2 rings (SSSR count). The van der Waals surface area contributed by atoms with Crippen LogP contribution >= 0.6 is 0 Å². The third kappa shape index (κ3) is 6.11. The van der Waals surface area contributed by atoms with Crippen LogP contribution in [0.1, 0.15) is 39.5 Å². The Morgan fingerprint density at radius 2 is 1.44 bits per heavy atom. The molecule has 0 aliphatic heterocycles. The van der Waals surface area contributed by atoms with Gasteiger partial charge in [-0.2, -0.15) is 0 Å². The van der Waals surface area contributed by atoms with Crippen molar-refractivity contribution in [3.8, 4) is 22.6 Å². The highest BCUT2D eigenvalue weighted by Crippen LogP contribution is 2.25. The summed E-state index contributed by atoms with van der Waals surface area (Å²) in [6.07, 6.45) is 4.82. The number of unbranched alkanes of at least 4 members (excludes halogenated alkanes) is 3. The predicted octanol–water partition coefficient (Wildman–Crippen LogP) is 5.79. The second kappa shape index (κ2) is 9.67. The topological polar surface area (TPSA) is 35.5 Å². The molecule has 0 spiro atoms. The lowest BCUT2D eigenvalue weighted by atomic mass is 10.1. The van der Waals surface area contributed by atoms with E-state index in [1.165, 1.54) is 19.3 Å². The smallest absolute Gasteiger partial charge is 0.338 e. The number of carbonyl (C=O) groups excluding carboxylic acids is 1. The Balaban J connectivity index is 1.91. The number of hydrogen-bond acceptors (Lipinski definition) is 3. The first-order valence-corrected chi connectivity index (χ1v) is 8.81. The highest BCUT2D eigenvalue weighted by Gasteiger charge is 2.05. The average Bonchev–Trinajstić information content (AvgIpc) is 2.63. The molecule has 3 heteroatoms. The van der Waals surface area contributed by atoms with E-state index in [2.05, 4.69) is 13.5 Å². The van der Waals surface area contributed by atoms with Crippen LogP contribution < -0.4 is 9.47 Å². The number of ether oxygens (including phenoxy) is 2. The summed E-state index contributed by atoms with van der Waals surface area (Å²) < 4.78 is 11.0. The van der Waals surface area contributed by atoms with Crippen LogP contribution in [0.5, 0.6) is 11.5 Å². The van der Waals surface area contributed by atoms with E-state index in [9.17, 15) is 4.79 Å². The van der Waals surface area contributed by atoms with E-state index < -0.39 is 5.97 Å². The second-order valence-corrected chi connectivity index (χ2v) is 6.13. The standard InChI is InChI=1S/C22H26O3/c1-4-5-6-7-16-24-20-12-8-18(9-13-20)19-10-14-21(15-11-19)25-22(23)17(2)3/h8-15H,2,4-7,16H2,1,3H3. The zero-order chi connectivity index (χ0) is 18.1. The molecule has 0 bridgehead atoms. The Labute approximate surface area is 150 Å². The van der Waals surface area contributed by atoms with Crippen LogP contribution in [-0.4, -0.2) is 12.6 Å². The molecule has 0 N–H and O–H groups in total. The molecule has 0 saturated heterocycles. The van der Waals surface area contributed by atoms with E-state index in [1.807, 2.05) is 36.4 Å². The van der Waals surface area contributed by atoms with Crippen molar-refractivity contribution in [3.63, 3.8) is 0 Å². The Hall–Kier alpha value is -2.55. The fraction of sp³-hybridized carbons (Fsp3) is 0.318. The number of rotatable bonds is 9. The first-order valence-electron chi connectivity index (χ1n) is 8.81. The summed E-state index contributed by atoms with van der Waals surface area (Å²) in [6, 6.07) is 15.5. The fourth-order valence-corrected chi connectivity index (χ4v) is 2.37. The van der Waals surface area contributed by atoms with E-state index >= 15 is 0 Å². The van der Waals surface area contributed by atoms with Gasteiger partial charge in [-0.3, -0.25) is 0 Å². The van der Waals surface area contributed by atoms with Gasteiger partial charge in [-0.25, -0.2) is 4.79 Å². The minimum Gasteiger partial charge on any atom is -0.494 e. The molecule has 25 heavy (non-hydrogen) atoms. The molecule has 2 aromatic rings. The molecule has 0 atom stereocenters. The van der Waals surface area contributed by atoms with Gasteiger partial charge in [-0.05, 0) is 48.7 Å². The van der Waals surface area contributed by atoms with E-state index in [4.69, 9.17) is 9.47 Å². The largest absolute Gasteiger partial charge is 0.494 e. The van der Waals surface area contributed by atoms with Crippen molar-refractivity contribution in [3.05, 3.63) is 60.7 Å². The van der Waals surface area contributed by atoms with Gasteiger partial charge in [-0.15, -0.1) is 0 Å². The second-order valence-electron chi connectivity index (χ2n) is 6.13. The summed E-state index contributed by atoms with van der Waals surface area (Å²) in [5.41, 5.74) is 2.54. The van der Waals surface area contributed by atoms with Gasteiger partial charge in [0.25, 0.3) is 0 Å². The van der Waals surface area contributed by atoms with Crippen molar-refractivity contribution >= 4 is 5.97 Å². The zero-order valence-electron chi connectivity index (χ0n) is 15.1. The lowest BCUT2D eigenvalue weighted by Crippen LogP contribution is -2.07. The molecule has 132 valence electrons. The van der Waals surface area contributed by atoms with Crippen molar-refractivity contribution in [2.75, 3.05) is 6.61 Å². The lowest BCUT2D eigenvalue weighted by molar-refractivity contribution is -0.130. The van der Waals surface area contributed by atoms with E-state index in [-0.39, 0.29) is 0 Å². The first kappa shape index (κ1) is 18.8. The Kier molecular flexibility index (Phi) is 7.27. The van der Waals surface area contributed by atoms with Crippen LogP contribution in [0.15, 0.2) is 60.7 Å². The van der Waals surface area contributed by atoms with Crippen molar-refractivity contribution in [2.45, 2.75) is 39.5 Å². The first-order chi connectivity index (χ1) is 12.1.